The van der Waals surface area contributed by atoms with Gasteiger partial charge in [-0.2, -0.15) is 0 Å². The van der Waals surface area contributed by atoms with E-state index in [-0.39, 0.29) is 16.1 Å². The number of halogens is 1. The van der Waals surface area contributed by atoms with Crippen molar-refractivity contribution in [3.05, 3.63) is 32.7 Å². The molecule has 0 fully saturated rings. The maximum atomic E-state index is 11.6. The van der Waals surface area contributed by atoms with Gasteiger partial charge in [-0.25, -0.2) is 4.79 Å². The Kier molecular flexibility index (Phi) is 2.52. The van der Waals surface area contributed by atoms with Crippen molar-refractivity contribution in [2.45, 2.75) is 25.8 Å². The molecule has 0 saturated carbocycles. The Labute approximate surface area is 91.1 Å². The van der Waals surface area contributed by atoms with Crippen molar-refractivity contribution < 1.29 is 9.90 Å². The maximum absolute atomic E-state index is 11.6. The highest BCUT2D eigenvalue weighted by Crippen LogP contribution is 2.19. The summed E-state index contributed by atoms with van der Waals surface area (Å²) in [5, 5.41) is 8.97. The topological polar surface area (TPSA) is 59.3 Å². The van der Waals surface area contributed by atoms with Gasteiger partial charge in [0, 0.05) is 12.2 Å². The minimum atomic E-state index is -1.03. The van der Waals surface area contributed by atoms with Gasteiger partial charge in [0.25, 0.3) is 5.56 Å². The summed E-state index contributed by atoms with van der Waals surface area (Å²) in [6.07, 6.45) is 2.45. The van der Waals surface area contributed by atoms with Gasteiger partial charge in [-0.1, -0.05) is 11.6 Å². The molecule has 15 heavy (non-hydrogen) atoms. The number of hydrogen-bond donors (Lipinski definition) is 1. The Morgan fingerprint density at radius 2 is 2.20 bits per heavy atom. The third-order valence-corrected chi connectivity index (χ3v) is 2.90. The molecule has 0 amide bonds. The first-order valence-electron chi connectivity index (χ1n) is 4.77. The third kappa shape index (κ3) is 1.65. The van der Waals surface area contributed by atoms with E-state index in [0.717, 1.165) is 12.8 Å². The number of fused-ring (bicyclic) bond motifs is 1. The van der Waals surface area contributed by atoms with E-state index in [1.807, 2.05) is 0 Å². The number of carboxylic acid groups (broad SMARTS) is 1. The minimum Gasteiger partial charge on any atom is -0.478 e. The molecular formula is C10H10ClNO3. The highest BCUT2D eigenvalue weighted by Gasteiger charge is 2.20. The van der Waals surface area contributed by atoms with Crippen molar-refractivity contribution >= 4 is 17.6 Å². The van der Waals surface area contributed by atoms with Crippen LogP contribution in [0.1, 0.15) is 28.9 Å². The van der Waals surface area contributed by atoms with Crippen LogP contribution in [0.4, 0.5) is 0 Å². The fourth-order valence-corrected chi connectivity index (χ4v) is 2.13. The second-order valence-electron chi connectivity index (χ2n) is 3.57. The molecule has 1 aromatic heterocycles. The summed E-state index contributed by atoms with van der Waals surface area (Å²) in [6, 6.07) is 1.25. The molecular weight excluding hydrogens is 218 g/mol. The summed E-state index contributed by atoms with van der Waals surface area (Å²) < 4.78 is 1.48. The Bertz CT molecular complexity index is 478. The molecule has 0 aromatic carbocycles. The van der Waals surface area contributed by atoms with Crippen molar-refractivity contribution in [2.75, 3.05) is 0 Å². The fraction of sp³-hybridized carbons (Fsp3) is 0.400. The average Bonchev–Trinajstić information content (AvgIpc) is 2.23. The molecule has 1 aromatic rings. The molecule has 0 bridgehead atoms. The Morgan fingerprint density at radius 1 is 1.47 bits per heavy atom. The predicted octanol–water partition coefficient (Wildman–Crippen LogP) is 1.54. The molecule has 0 radical (unpaired) electrons. The van der Waals surface area contributed by atoms with Crippen LogP contribution >= 0.6 is 11.6 Å². The number of carboxylic acids is 1. The zero-order valence-corrected chi connectivity index (χ0v) is 8.75. The summed E-state index contributed by atoms with van der Waals surface area (Å²) >= 11 is 5.70. The van der Waals surface area contributed by atoms with E-state index in [4.69, 9.17) is 16.7 Å². The van der Waals surface area contributed by atoms with Gasteiger partial charge in [-0.05, 0) is 25.3 Å². The van der Waals surface area contributed by atoms with Gasteiger partial charge in [0.05, 0.1) is 5.56 Å². The average molecular weight is 228 g/mol. The normalized spacial score (nSPS) is 14.7. The van der Waals surface area contributed by atoms with Crippen LogP contribution in [0, 0.1) is 0 Å². The van der Waals surface area contributed by atoms with Crippen molar-refractivity contribution in [1.29, 1.82) is 0 Å². The van der Waals surface area contributed by atoms with Crippen molar-refractivity contribution in [3.63, 3.8) is 0 Å². The smallest absolute Gasteiger partial charge is 0.337 e. The number of nitrogens with zero attached hydrogens (tertiary/aromatic N) is 1. The molecule has 1 aliphatic heterocycles. The SMILES string of the molecule is O=C(O)c1cc(Cl)c(=O)n2c1CCCC2. The molecule has 1 aliphatic rings. The number of carbonyl (C=O) groups is 1. The number of pyridine rings is 1. The molecule has 80 valence electrons. The molecule has 0 atom stereocenters. The molecule has 0 saturated heterocycles. The zero-order valence-electron chi connectivity index (χ0n) is 7.99. The van der Waals surface area contributed by atoms with Crippen LogP contribution in [0.5, 0.6) is 0 Å². The van der Waals surface area contributed by atoms with Crippen LogP contribution in [0.3, 0.4) is 0 Å². The van der Waals surface area contributed by atoms with E-state index in [1.54, 1.807) is 0 Å². The number of aromatic nitrogens is 1. The molecule has 0 spiro atoms. The van der Waals surface area contributed by atoms with Crippen LogP contribution < -0.4 is 5.56 Å². The van der Waals surface area contributed by atoms with E-state index >= 15 is 0 Å². The van der Waals surface area contributed by atoms with Crippen molar-refractivity contribution in [1.82, 2.24) is 4.57 Å². The second kappa shape index (κ2) is 3.70. The van der Waals surface area contributed by atoms with Gasteiger partial charge in [-0.3, -0.25) is 4.79 Å². The van der Waals surface area contributed by atoms with Crippen LogP contribution in [0.15, 0.2) is 10.9 Å². The van der Waals surface area contributed by atoms with Gasteiger partial charge >= 0.3 is 5.97 Å². The highest BCUT2D eigenvalue weighted by atomic mass is 35.5. The van der Waals surface area contributed by atoms with Gasteiger partial charge in [0.15, 0.2) is 0 Å². The van der Waals surface area contributed by atoms with Crippen LogP contribution in [0.2, 0.25) is 5.02 Å². The lowest BCUT2D eigenvalue weighted by Crippen LogP contribution is -2.29. The van der Waals surface area contributed by atoms with Crippen LogP contribution in [0.25, 0.3) is 0 Å². The first-order chi connectivity index (χ1) is 7.11. The van der Waals surface area contributed by atoms with E-state index in [0.29, 0.717) is 18.7 Å². The van der Waals surface area contributed by atoms with Gasteiger partial charge < -0.3 is 9.67 Å². The molecule has 5 heteroatoms. The predicted molar refractivity (Wildman–Crippen MR) is 55.6 cm³/mol. The molecule has 2 rings (SSSR count). The fourth-order valence-electron chi connectivity index (χ4n) is 1.92. The lowest BCUT2D eigenvalue weighted by molar-refractivity contribution is 0.0694. The summed E-state index contributed by atoms with van der Waals surface area (Å²) in [5.41, 5.74) is 0.471. The second-order valence-corrected chi connectivity index (χ2v) is 3.98. The van der Waals surface area contributed by atoms with E-state index in [1.165, 1.54) is 10.6 Å². The molecule has 2 heterocycles. The number of hydrogen-bond acceptors (Lipinski definition) is 2. The van der Waals surface area contributed by atoms with E-state index in [2.05, 4.69) is 0 Å². The minimum absolute atomic E-state index is 0.0157. The Balaban J connectivity index is 2.73. The standard InChI is InChI=1S/C10H10ClNO3/c11-7-5-6(10(14)15)8-3-1-2-4-12(8)9(7)13/h5H,1-4H2,(H,14,15). The summed E-state index contributed by atoms with van der Waals surface area (Å²) in [4.78, 5) is 22.6. The van der Waals surface area contributed by atoms with E-state index < -0.39 is 5.97 Å². The monoisotopic (exact) mass is 227 g/mol. The van der Waals surface area contributed by atoms with Crippen LogP contribution in [-0.4, -0.2) is 15.6 Å². The Morgan fingerprint density at radius 3 is 2.87 bits per heavy atom. The quantitative estimate of drug-likeness (QED) is 0.792. The molecule has 4 nitrogen and oxygen atoms in total. The number of aromatic carboxylic acids is 1. The van der Waals surface area contributed by atoms with E-state index in [9.17, 15) is 9.59 Å². The maximum Gasteiger partial charge on any atom is 0.337 e. The summed E-state index contributed by atoms with van der Waals surface area (Å²) in [5.74, 6) is -1.03. The largest absolute Gasteiger partial charge is 0.478 e. The van der Waals surface area contributed by atoms with Crippen LogP contribution in [-0.2, 0) is 13.0 Å². The molecule has 1 N–H and O–H groups in total. The van der Waals surface area contributed by atoms with Crippen molar-refractivity contribution in [2.24, 2.45) is 0 Å². The molecule has 0 unspecified atom stereocenters. The van der Waals surface area contributed by atoms with Crippen molar-refractivity contribution in [3.8, 4) is 0 Å². The summed E-state index contributed by atoms with van der Waals surface area (Å²) in [6.45, 7) is 0.564. The van der Waals surface area contributed by atoms with Gasteiger partial charge in [0.1, 0.15) is 5.02 Å². The lowest BCUT2D eigenvalue weighted by atomic mass is 10.0. The Hall–Kier alpha value is -1.29. The highest BCUT2D eigenvalue weighted by molar-refractivity contribution is 6.30. The first kappa shape index (κ1) is 10.2. The zero-order chi connectivity index (χ0) is 11.0. The third-order valence-electron chi connectivity index (χ3n) is 2.63. The number of rotatable bonds is 1. The lowest BCUT2D eigenvalue weighted by Gasteiger charge is -2.20. The van der Waals surface area contributed by atoms with Gasteiger partial charge in [-0.15, -0.1) is 0 Å². The van der Waals surface area contributed by atoms with Gasteiger partial charge in [0.2, 0.25) is 0 Å². The molecule has 0 aliphatic carbocycles. The summed E-state index contributed by atoms with van der Waals surface area (Å²) in [7, 11) is 0. The first-order valence-corrected chi connectivity index (χ1v) is 5.14.